The molecule has 1 heterocycles. The zero-order chi connectivity index (χ0) is 28.7. The first-order valence-corrected chi connectivity index (χ1v) is 14.4. The van der Waals surface area contributed by atoms with Crippen LogP contribution >= 0.6 is 15.9 Å². The third kappa shape index (κ3) is 6.06. The smallest absolute Gasteiger partial charge is 0.257 e. The summed E-state index contributed by atoms with van der Waals surface area (Å²) in [6.45, 7) is 0.380. The molecule has 5 aromatic rings. The molecule has 2 N–H and O–H groups in total. The number of hydrogen-bond donors (Lipinski definition) is 2. The van der Waals surface area contributed by atoms with E-state index in [1.54, 1.807) is 12.3 Å². The van der Waals surface area contributed by atoms with Crippen molar-refractivity contribution in [3.05, 3.63) is 166 Å². The molecule has 1 aromatic heterocycles. The number of carbonyl (C=O) groups is 1. The maximum atomic E-state index is 13.2. The summed E-state index contributed by atoms with van der Waals surface area (Å²) in [4.78, 5) is 17.5. The number of nitrogens with zero attached hydrogens (tertiary/aromatic N) is 1. The number of carbonyl (C=O) groups excluding carboxylic acids is 1. The molecule has 0 saturated heterocycles. The maximum Gasteiger partial charge on any atom is 0.257 e. The highest BCUT2D eigenvalue weighted by atomic mass is 79.9. The Labute approximate surface area is 253 Å². The van der Waals surface area contributed by atoms with Gasteiger partial charge in [0.1, 0.15) is 17.3 Å². The van der Waals surface area contributed by atoms with Gasteiger partial charge in [0.05, 0.1) is 10.2 Å². The van der Waals surface area contributed by atoms with Crippen molar-refractivity contribution in [1.82, 2.24) is 10.3 Å². The number of ether oxygens (including phenoxy) is 2. The molecule has 0 radical (unpaired) electrons. The summed E-state index contributed by atoms with van der Waals surface area (Å²) in [6, 6.07) is 40.6. The highest BCUT2D eigenvalue weighted by molar-refractivity contribution is 9.11. The van der Waals surface area contributed by atoms with Crippen LogP contribution in [-0.2, 0) is 6.54 Å². The number of benzene rings is 4. The Hall–Kier alpha value is -4.88. The SMILES string of the molecule is O=C(Nc1ccccn1)c1ccccc1CNC1=C(Br)C(Oc2ccccc2)c2ccccc2C1Oc1ccccc1. The Morgan fingerprint density at radius 2 is 1.26 bits per heavy atom. The minimum absolute atomic E-state index is 0.226. The van der Waals surface area contributed by atoms with Crippen LogP contribution in [0.3, 0.4) is 0 Å². The molecule has 7 heteroatoms. The Bertz CT molecular complexity index is 1700. The van der Waals surface area contributed by atoms with Crippen molar-refractivity contribution in [2.75, 3.05) is 5.32 Å². The molecule has 0 saturated carbocycles. The van der Waals surface area contributed by atoms with Crippen molar-refractivity contribution in [3.8, 4) is 11.5 Å². The van der Waals surface area contributed by atoms with Gasteiger partial charge >= 0.3 is 0 Å². The van der Waals surface area contributed by atoms with Gasteiger partial charge in [-0.3, -0.25) is 4.79 Å². The molecule has 6 rings (SSSR count). The van der Waals surface area contributed by atoms with E-state index in [-0.39, 0.29) is 5.91 Å². The number of nitrogens with one attached hydrogen (secondary N) is 2. The molecule has 42 heavy (non-hydrogen) atoms. The quantitative estimate of drug-likeness (QED) is 0.175. The van der Waals surface area contributed by atoms with Crippen LogP contribution in [0.15, 0.2) is 144 Å². The predicted octanol–water partition coefficient (Wildman–Crippen LogP) is 7.98. The van der Waals surface area contributed by atoms with Gasteiger partial charge in [0.2, 0.25) is 0 Å². The minimum atomic E-state index is -0.442. The normalized spacial score (nSPS) is 15.8. The second-order valence-electron chi connectivity index (χ2n) is 9.69. The van der Waals surface area contributed by atoms with E-state index in [4.69, 9.17) is 9.47 Å². The largest absolute Gasteiger partial charge is 0.480 e. The van der Waals surface area contributed by atoms with E-state index in [1.165, 1.54) is 0 Å². The first-order chi connectivity index (χ1) is 20.7. The summed E-state index contributed by atoms with van der Waals surface area (Å²) in [5.74, 6) is 1.77. The van der Waals surface area contributed by atoms with Crippen molar-refractivity contribution in [2.24, 2.45) is 0 Å². The van der Waals surface area contributed by atoms with Crippen LogP contribution in [0.5, 0.6) is 11.5 Å². The van der Waals surface area contributed by atoms with E-state index < -0.39 is 12.2 Å². The van der Waals surface area contributed by atoms with Crippen LogP contribution in [0.4, 0.5) is 5.82 Å². The average Bonchev–Trinajstić information content (AvgIpc) is 3.04. The molecule has 1 aliphatic carbocycles. The molecule has 208 valence electrons. The summed E-state index contributed by atoms with van der Waals surface area (Å²) in [5, 5.41) is 6.50. The minimum Gasteiger partial charge on any atom is -0.480 e. The molecule has 0 fully saturated rings. The van der Waals surface area contributed by atoms with Gasteiger partial charge in [-0.25, -0.2) is 4.98 Å². The fourth-order valence-corrected chi connectivity index (χ4v) is 5.63. The van der Waals surface area contributed by atoms with Gasteiger partial charge in [-0.2, -0.15) is 0 Å². The number of pyridine rings is 1. The van der Waals surface area contributed by atoms with Crippen molar-refractivity contribution in [2.45, 2.75) is 18.8 Å². The molecule has 0 aliphatic heterocycles. The lowest BCUT2D eigenvalue weighted by Gasteiger charge is -2.35. The van der Waals surface area contributed by atoms with Gasteiger partial charge in [-0.05, 0) is 64.0 Å². The third-order valence-electron chi connectivity index (χ3n) is 6.94. The monoisotopic (exact) mass is 617 g/mol. The molecule has 4 aromatic carbocycles. The number of fused-ring (bicyclic) bond motifs is 1. The zero-order valence-electron chi connectivity index (χ0n) is 22.6. The molecule has 2 atom stereocenters. The molecule has 0 spiro atoms. The van der Waals surface area contributed by atoms with Gasteiger partial charge < -0.3 is 20.1 Å². The Morgan fingerprint density at radius 1 is 0.690 bits per heavy atom. The predicted molar refractivity (Wildman–Crippen MR) is 167 cm³/mol. The van der Waals surface area contributed by atoms with Gasteiger partial charge in [0.25, 0.3) is 5.91 Å². The molecule has 1 amide bonds. The molecular weight excluding hydrogens is 590 g/mol. The Balaban J connectivity index is 1.35. The lowest BCUT2D eigenvalue weighted by atomic mass is 9.89. The molecule has 1 aliphatic rings. The lowest BCUT2D eigenvalue weighted by Crippen LogP contribution is -2.31. The van der Waals surface area contributed by atoms with Crippen LogP contribution in [-0.4, -0.2) is 10.9 Å². The number of hydrogen-bond acceptors (Lipinski definition) is 5. The zero-order valence-corrected chi connectivity index (χ0v) is 24.2. The number of halogens is 1. The van der Waals surface area contributed by atoms with Crippen molar-refractivity contribution in [3.63, 3.8) is 0 Å². The van der Waals surface area contributed by atoms with Gasteiger partial charge in [0, 0.05) is 29.4 Å². The van der Waals surface area contributed by atoms with E-state index in [9.17, 15) is 4.79 Å². The first kappa shape index (κ1) is 27.3. The lowest BCUT2D eigenvalue weighted by molar-refractivity contribution is 0.102. The van der Waals surface area contributed by atoms with E-state index in [2.05, 4.69) is 43.7 Å². The second-order valence-corrected chi connectivity index (χ2v) is 10.5. The Kier molecular flexibility index (Phi) is 8.28. The highest BCUT2D eigenvalue weighted by Crippen LogP contribution is 2.46. The van der Waals surface area contributed by atoms with Crippen molar-refractivity contribution in [1.29, 1.82) is 0 Å². The first-order valence-electron chi connectivity index (χ1n) is 13.6. The standard InChI is InChI=1S/C35H28BrN3O3/c36-31-32(38-23-24-13-7-8-18-27(24)35(40)39-30-21-11-12-22-37-30)34(42-26-16-5-2-6-17-26)29-20-10-9-19-28(29)33(31)41-25-14-3-1-4-15-25/h1-22,33-34,38H,23H2,(H,37,39,40). The summed E-state index contributed by atoms with van der Waals surface area (Å²) >= 11 is 3.89. The Morgan fingerprint density at radius 3 is 1.93 bits per heavy atom. The fraction of sp³-hybridized carbons (Fsp3) is 0.0857. The number of rotatable bonds is 9. The van der Waals surface area contributed by atoms with Crippen molar-refractivity contribution >= 4 is 27.7 Å². The molecule has 6 nitrogen and oxygen atoms in total. The summed E-state index contributed by atoms with van der Waals surface area (Å²) < 4.78 is 14.0. The topological polar surface area (TPSA) is 72.5 Å². The molecule has 2 unspecified atom stereocenters. The summed E-state index contributed by atoms with van der Waals surface area (Å²) in [5.41, 5.74) is 4.21. The number of aromatic nitrogens is 1. The summed E-state index contributed by atoms with van der Waals surface area (Å²) in [6.07, 6.45) is 0.807. The number of amides is 1. The van der Waals surface area contributed by atoms with Gasteiger partial charge in [-0.1, -0.05) is 84.9 Å². The number of anilines is 1. The number of para-hydroxylation sites is 2. The van der Waals surface area contributed by atoms with Crippen LogP contribution in [0.2, 0.25) is 0 Å². The van der Waals surface area contributed by atoms with Gasteiger partial charge in [-0.15, -0.1) is 0 Å². The van der Waals surface area contributed by atoms with Crippen molar-refractivity contribution < 1.29 is 14.3 Å². The van der Waals surface area contributed by atoms with Crippen LogP contribution < -0.4 is 20.1 Å². The molecular formula is C35H28BrN3O3. The van der Waals surface area contributed by atoms with E-state index >= 15 is 0 Å². The highest BCUT2D eigenvalue weighted by Gasteiger charge is 2.36. The maximum absolute atomic E-state index is 13.2. The second kappa shape index (κ2) is 12.7. The third-order valence-corrected chi connectivity index (χ3v) is 7.79. The average molecular weight is 619 g/mol. The van der Waals surface area contributed by atoms with E-state index in [1.807, 2.05) is 109 Å². The summed E-state index contributed by atoms with van der Waals surface area (Å²) in [7, 11) is 0. The fourth-order valence-electron chi connectivity index (χ4n) is 4.94. The van der Waals surface area contributed by atoms with Crippen LogP contribution in [0.1, 0.15) is 39.3 Å². The molecule has 0 bridgehead atoms. The van der Waals surface area contributed by atoms with Crippen LogP contribution in [0, 0.1) is 0 Å². The van der Waals surface area contributed by atoms with Gasteiger partial charge in [0.15, 0.2) is 12.2 Å². The van der Waals surface area contributed by atoms with E-state index in [0.717, 1.165) is 38.4 Å². The van der Waals surface area contributed by atoms with Crippen LogP contribution in [0.25, 0.3) is 0 Å². The van der Waals surface area contributed by atoms with E-state index in [0.29, 0.717) is 17.9 Å².